The van der Waals surface area contributed by atoms with Crippen LogP contribution in [0.1, 0.15) is 35.8 Å². The molecular formula is C20H26ClN3O3S. The molecule has 0 aliphatic rings. The predicted octanol–water partition coefficient (Wildman–Crippen LogP) is 3.06. The lowest BCUT2D eigenvalue weighted by Gasteiger charge is -2.31. The Morgan fingerprint density at radius 1 is 1.11 bits per heavy atom. The van der Waals surface area contributed by atoms with E-state index in [0.717, 1.165) is 18.7 Å². The molecule has 2 rings (SSSR count). The third-order valence-electron chi connectivity index (χ3n) is 4.65. The van der Waals surface area contributed by atoms with E-state index in [0.29, 0.717) is 11.6 Å². The van der Waals surface area contributed by atoms with Crippen molar-refractivity contribution in [3.05, 3.63) is 64.7 Å². The molecule has 0 heterocycles. The van der Waals surface area contributed by atoms with Gasteiger partial charge in [-0.3, -0.25) is 9.69 Å². The Labute approximate surface area is 171 Å². The van der Waals surface area contributed by atoms with Crippen molar-refractivity contribution in [2.45, 2.75) is 24.8 Å². The van der Waals surface area contributed by atoms with Gasteiger partial charge >= 0.3 is 0 Å². The van der Waals surface area contributed by atoms with E-state index in [1.165, 1.54) is 19.2 Å². The molecule has 152 valence electrons. The summed E-state index contributed by atoms with van der Waals surface area (Å²) in [4.78, 5) is 14.9. The van der Waals surface area contributed by atoms with E-state index in [2.05, 4.69) is 28.8 Å². The van der Waals surface area contributed by atoms with Gasteiger partial charge < -0.3 is 5.32 Å². The van der Waals surface area contributed by atoms with Gasteiger partial charge in [0.2, 0.25) is 10.0 Å². The maximum absolute atomic E-state index is 12.7. The molecule has 2 aromatic rings. The van der Waals surface area contributed by atoms with Crippen LogP contribution in [0.25, 0.3) is 0 Å². The van der Waals surface area contributed by atoms with Gasteiger partial charge in [-0.25, -0.2) is 13.1 Å². The summed E-state index contributed by atoms with van der Waals surface area (Å²) in [7, 11) is -2.28. The Bertz CT molecular complexity index is 914. The quantitative estimate of drug-likeness (QED) is 0.649. The summed E-state index contributed by atoms with van der Waals surface area (Å²) in [6.07, 6.45) is 0. The second-order valence-electron chi connectivity index (χ2n) is 6.20. The van der Waals surface area contributed by atoms with Gasteiger partial charge in [0.05, 0.1) is 10.9 Å². The molecule has 1 unspecified atom stereocenters. The Morgan fingerprint density at radius 2 is 1.79 bits per heavy atom. The second kappa shape index (κ2) is 10.0. The molecule has 0 aliphatic carbocycles. The second-order valence-corrected chi connectivity index (χ2v) is 8.50. The van der Waals surface area contributed by atoms with Crippen molar-refractivity contribution >= 4 is 27.5 Å². The minimum Gasteiger partial charge on any atom is -0.350 e. The third kappa shape index (κ3) is 5.32. The lowest BCUT2D eigenvalue weighted by atomic mass is 10.0. The molecule has 0 saturated carbocycles. The topological polar surface area (TPSA) is 78.5 Å². The average molecular weight is 424 g/mol. The molecule has 28 heavy (non-hydrogen) atoms. The number of carbonyl (C=O) groups excluding carboxylic acids is 1. The monoisotopic (exact) mass is 423 g/mol. The van der Waals surface area contributed by atoms with Crippen molar-refractivity contribution in [1.29, 1.82) is 0 Å². The third-order valence-corrected chi connectivity index (χ3v) is 6.40. The molecule has 6 nitrogen and oxygen atoms in total. The fourth-order valence-corrected chi connectivity index (χ4v) is 4.10. The number of benzene rings is 2. The first-order valence-corrected chi connectivity index (χ1v) is 11.0. The van der Waals surface area contributed by atoms with Crippen molar-refractivity contribution in [3.63, 3.8) is 0 Å². The molecule has 0 radical (unpaired) electrons. The van der Waals surface area contributed by atoms with Gasteiger partial charge in [-0.15, -0.1) is 0 Å². The lowest BCUT2D eigenvalue weighted by Crippen LogP contribution is -2.38. The van der Waals surface area contributed by atoms with E-state index >= 15 is 0 Å². The molecule has 0 fully saturated rings. The van der Waals surface area contributed by atoms with Crippen LogP contribution in [0.4, 0.5) is 0 Å². The first-order chi connectivity index (χ1) is 13.3. The van der Waals surface area contributed by atoms with Crippen LogP contribution in [-0.4, -0.2) is 45.9 Å². The largest absolute Gasteiger partial charge is 0.350 e. The number of rotatable bonds is 9. The van der Waals surface area contributed by atoms with Crippen LogP contribution in [0, 0.1) is 0 Å². The zero-order valence-electron chi connectivity index (χ0n) is 16.3. The summed E-state index contributed by atoms with van der Waals surface area (Å²) in [5.74, 6) is -0.336. The van der Waals surface area contributed by atoms with Gasteiger partial charge in [-0.1, -0.05) is 49.7 Å². The first kappa shape index (κ1) is 22.4. The van der Waals surface area contributed by atoms with Crippen molar-refractivity contribution in [2.24, 2.45) is 0 Å². The first-order valence-electron chi connectivity index (χ1n) is 9.14. The zero-order valence-corrected chi connectivity index (χ0v) is 17.8. The van der Waals surface area contributed by atoms with Crippen molar-refractivity contribution < 1.29 is 13.2 Å². The SMILES string of the molecule is CCN(CC)C(CNC(=O)c1cccc(S(=O)(=O)NC)c1)c1ccccc1Cl. The predicted molar refractivity (Wildman–Crippen MR) is 112 cm³/mol. The van der Waals surface area contributed by atoms with E-state index in [4.69, 9.17) is 11.6 Å². The normalized spacial score (nSPS) is 12.8. The number of nitrogens with zero attached hydrogens (tertiary/aromatic N) is 1. The van der Waals surface area contributed by atoms with Crippen LogP contribution in [0.3, 0.4) is 0 Å². The number of amides is 1. The number of hydrogen-bond acceptors (Lipinski definition) is 4. The van der Waals surface area contributed by atoms with Crippen LogP contribution >= 0.6 is 11.6 Å². The van der Waals surface area contributed by atoms with E-state index < -0.39 is 10.0 Å². The Hall–Kier alpha value is -1.93. The van der Waals surface area contributed by atoms with E-state index in [1.807, 2.05) is 24.3 Å². The number of hydrogen-bond donors (Lipinski definition) is 2. The summed E-state index contributed by atoms with van der Waals surface area (Å²) in [6, 6.07) is 13.5. The van der Waals surface area contributed by atoms with Crippen LogP contribution in [-0.2, 0) is 10.0 Å². The molecule has 8 heteroatoms. The molecular weight excluding hydrogens is 398 g/mol. The van der Waals surface area contributed by atoms with Gasteiger partial charge in [0, 0.05) is 17.1 Å². The summed E-state index contributed by atoms with van der Waals surface area (Å²) >= 11 is 6.38. The molecule has 1 atom stereocenters. The highest BCUT2D eigenvalue weighted by molar-refractivity contribution is 7.89. The smallest absolute Gasteiger partial charge is 0.251 e. The maximum atomic E-state index is 12.7. The highest BCUT2D eigenvalue weighted by atomic mass is 35.5. The highest BCUT2D eigenvalue weighted by Gasteiger charge is 2.22. The van der Waals surface area contributed by atoms with Crippen molar-refractivity contribution in [3.8, 4) is 0 Å². The minimum absolute atomic E-state index is 0.0500. The molecule has 0 bridgehead atoms. The number of likely N-dealkylation sites (N-methyl/N-ethyl adjacent to an activating group) is 1. The van der Waals surface area contributed by atoms with Crippen molar-refractivity contribution in [1.82, 2.24) is 14.9 Å². The molecule has 0 saturated heterocycles. The summed E-state index contributed by atoms with van der Waals surface area (Å²) < 4.78 is 26.2. The number of sulfonamides is 1. The minimum atomic E-state index is -3.61. The van der Waals surface area contributed by atoms with Crippen LogP contribution in [0.15, 0.2) is 53.4 Å². The molecule has 0 spiro atoms. The summed E-state index contributed by atoms with van der Waals surface area (Å²) in [5.41, 5.74) is 1.23. The fraction of sp³-hybridized carbons (Fsp3) is 0.350. The maximum Gasteiger partial charge on any atom is 0.251 e. The standard InChI is InChI=1S/C20H26ClN3O3S/c1-4-24(5-2)19(17-11-6-7-12-18(17)21)14-23-20(25)15-9-8-10-16(13-15)28(26,27)22-3/h6-13,19,22H,4-5,14H2,1-3H3,(H,23,25). The lowest BCUT2D eigenvalue weighted by molar-refractivity contribution is 0.0934. The summed E-state index contributed by atoms with van der Waals surface area (Å²) in [6.45, 7) is 6.08. The van der Waals surface area contributed by atoms with Crippen molar-refractivity contribution in [2.75, 3.05) is 26.7 Å². The van der Waals surface area contributed by atoms with E-state index in [1.54, 1.807) is 12.1 Å². The van der Waals surface area contributed by atoms with Gasteiger partial charge in [-0.05, 0) is 50.0 Å². The van der Waals surface area contributed by atoms with Gasteiger partial charge in [0.15, 0.2) is 0 Å². The number of halogens is 1. The van der Waals surface area contributed by atoms with Gasteiger partial charge in [0.1, 0.15) is 0 Å². The zero-order chi connectivity index (χ0) is 20.7. The Balaban J connectivity index is 2.22. The number of nitrogens with one attached hydrogen (secondary N) is 2. The molecule has 1 amide bonds. The van der Waals surface area contributed by atoms with Gasteiger partial charge in [0.25, 0.3) is 5.91 Å². The molecule has 0 aliphatic heterocycles. The molecule has 2 N–H and O–H groups in total. The van der Waals surface area contributed by atoms with Crippen LogP contribution < -0.4 is 10.0 Å². The van der Waals surface area contributed by atoms with E-state index in [9.17, 15) is 13.2 Å². The Morgan fingerprint density at radius 3 is 2.39 bits per heavy atom. The number of carbonyl (C=O) groups is 1. The molecule has 2 aromatic carbocycles. The average Bonchev–Trinajstić information content (AvgIpc) is 2.71. The van der Waals surface area contributed by atoms with Gasteiger partial charge in [-0.2, -0.15) is 0 Å². The Kier molecular flexibility index (Phi) is 8.00. The molecule has 0 aromatic heterocycles. The fourth-order valence-electron chi connectivity index (χ4n) is 3.06. The van der Waals surface area contributed by atoms with Crippen LogP contribution in [0.5, 0.6) is 0 Å². The van der Waals surface area contributed by atoms with Crippen LogP contribution in [0.2, 0.25) is 5.02 Å². The van der Waals surface area contributed by atoms with E-state index in [-0.39, 0.29) is 22.4 Å². The summed E-state index contributed by atoms with van der Waals surface area (Å²) in [5, 5.41) is 3.56. The highest BCUT2D eigenvalue weighted by Crippen LogP contribution is 2.27.